The highest BCUT2D eigenvalue weighted by Gasteiger charge is 2.52. The van der Waals surface area contributed by atoms with Crippen LogP contribution in [0.4, 0.5) is 0 Å². The summed E-state index contributed by atoms with van der Waals surface area (Å²) in [4.78, 5) is 12.3. The number of carbonyl (C=O) groups is 1. The molecular weight excluding hydrogens is 457 g/mol. The van der Waals surface area contributed by atoms with Gasteiger partial charge in [0.2, 0.25) is 0 Å². The number of halogens is 3. The maximum atomic E-state index is 12.3. The van der Waals surface area contributed by atoms with Gasteiger partial charge in [0.1, 0.15) is 0 Å². The van der Waals surface area contributed by atoms with Crippen LogP contribution in [0, 0.1) is 0 Å². The summed E-state index contributed by atoms with van der Waals surface area (Å²) in [7, 11) is -2.74. The second-order valence-electron chi connectivity index (χ2n) is 8.48. The van der Waals surface area contributed by atoms with Crippen molar-refractivity contribution in [1.29, 1.82) is 0 Å². The molecule has 1 aliphatic carbocycles. The first-order chi connectivity index (χ1) is 14.1. The predicted molar refractivity (Wildman–Crippen MR) is 128 cm³/mol. The Morgan fingerprint density at radius 3 is 1.90 bits per heavy atom. The standard InChI is InChI=1S/C23H26Cl3NO2Si/c1-22(2,3)30(17-11-6-4-7-12-17,18-13-8-5-9-14-18)29-20-16-10-15-19(20)27-21(28)23(24,25)26/h4-15,19-20H,16H2,1-3H3,(H,27,28)/t19-,20-/m1/s1. The third kappa shape index (κ3) is 4.79. The van der Waals surface area contributed by atoms with Gasteiger partial charge in [-0.1, -0.05) is 128 Å². The molecule has 0 aliphatic heterocycles. The number of hydrogen-bond acceptors (Lipinski definition) is 2. The number of hydrogen-bond donors (Lipinski definition) is 1. The minimum absolute atomic E-state index is 0.165. The first-order valence-electron chi connectivity index (χ1n) is 9.89. The quantitative estimate of drug-likeness (QED) is 0.379. The highest BCUT2D eigenvalue weighted by atomic mass is 35.6. The zero-order valence-corrected chi connectivity index (χ0v) is 20.5. The van der Waals surface area contributed by atoms with Crippen LogP contribution in [0.2, 0.25) is 5.04 Å². The van der Waals surface area contributed by atoms with E-state index in [1.807, 2.05) is 48.6 Å². The van der Waals surface area contributed by atoms with Gasteiger partial charge in [0.05, 0.1) is 12.1 Å². The van der Waals surface area contributed by atoms with E-state index < -0.39 is 18.0 Å². The molecule has 1 amide bonds. The van der Waals surface area contributed by atoms with E-state index in [1.165, 1.54) is 10.4 Å². The lowest BCUT2D eigenvalue weighted by Gasteiger charge is -2.45. The third-order valence-electron chi connectivity index (χ3n) is 5.41. The largest absolute Gasteiger partial charge is 0.402 e. The summed E-state index contributed by atoms with van der Waals surface area (Å²) in [5.41, 5.74) is 0. The molecule has 1 aliphatic rings. The van der Waals surface area contributed by atoms with E-state index in [9.17, 15) is 4.79 Å². The van der Waals surface area contributed by atoms with E-state index >= 15 is 0 Å². The van der Waals surface area contributed by atoms with Gasteiger partial charge in [-0.25, -0.2) is 0 Å². The zero-order chi connectivity index (χ0) is 22.0. The Morgan fingerprint density at radius 2 is 1.47 bits per heavy atom. The average Bonchev–Trinajstić information content (AvgIpc) is 3.12. The van der Waals surface area contributed by atoms with Crippen LogP contribution in [0.3, 0.4) is 0 Å². The van der Waals surface area contributed by atoms with E-state index in [2.05, 4.69) is 50.4 Å². The van der Waals surface area contributed by atoms with Crippen LogP contribution < -0.4 is 15.7 Å². The summed E-state index contributed by atoms with van der Waals surface area (Å²) in [6.07, 6.45) is 4.34. The number of carbonyl (C=O) groups excluding carboxylic acids is 1. The minimum Gasteiger partial charge on any atom is -0.402 e. The smallest absolute Gasteiger partial charge is 0.272 e. The highest BCUT2D eigenvalue weighted by Crippen LogP contribution is 2.39. The molecule has 2 atom stereocenters. The van der Waals surface area contributed by atoms with Crippen LogP contribution >= 0.6 is 34.8 Å². The Kier molecular flexibility index (Phi) is 7.05. The molecule has 2 aromatic rings. The van der Waals surface area contributed by atoms with Crippen molar-refractivity contribution in [1.82, 2.24) is 5.32 Å². The lowest BCUT2D eigenvalue weighted by atomic mass is 10.2. The number of benzene rings is 2. The molecule has 30 heavy (non-hydrogen) atoms. The molecule has 0 unspecified atom stereocenters. The van der Waals surface area contributed by atoms with Crippen molar-refractivity contribution in [3.63, 3.8) is 0 Å². The van der Waals surface area contributed by atoms with Gasteiger partial charge >= 0.3 is 0 Å². The fourth-order valence-electron chi connectivity index (χ4n) is 4.04. The number of rotatable bonds is 5. The van der Waals surface area contributed by atoms with Gasteiger partial charge < -0.3 is 9.74 Å². The monoisotopic (exact) mass is 481 g/mol. The first-order valence-corrected chi connectivity index (χ1v) is 12.9. The number of amides is 1. The van der Waals surface area contributed by atoms with Crippen LogP contribution in [0.1, 0.15) is 27.2 Å². The summed E-state index contributed by atoms with van der Waals surface area (Å²) >= 11 is 17.3. The summed E-state index contributed by atoms with van der Waals surface area (Å²) in [5.74, 6) is -0.653. The second-order valence-corrected chi connectivity index (χ2v) is 15.0. The topological polar surface area (TPSA) is 38.3 Å². The van der Waals surface area contributed by atoms with E-state index in [0.717, 1.165) is 0 Å². The molecule has 0 heterocycles. The van der Waals surface area contributed by atoms with Gasteiger partial charge in [-0.05, 0) is 21.8 Å². The van der Waals surface area contributed by atoms with Crippen LogP contribution in [0.15, 0.2) is 72.8 Å². The van der Waals surface area contributed by atoms with Gasteiger partial charge in [0.25, 0.3) is 18.0 Å². The normalized spacial score (nSPS) is 19.7. The molecule has 0 saturated carbocycles. The molecule has 7 heteroatoms. The van der Waals surface area contributed by atoms with Crippen LogP contribution in [0.5, 0.6) is 0 Å². The molecule has 160 valence electrons. The Hall–Kier alpha value is -1.30. The SMILES string of the molecule is CC(C)(C)[Si](O[C@@H]1CC=C[C@H]1NC(=O)C(Cl)(Cl)Cl)(c1ccccc1)c1ccccc1. The first kappa shape index (κ1) is 23.4. The molecule has 2 aromatic carbocycles. The van der Waals surface area contributed by atoms with E-state index in [4.69, 9.17) is 39.2 Å². The van der Waals surface area contributed by atoms with Crippen molar-refractivity contribution in [2.75, 3.05) is 0 Å². The second kappa shape index (κ2) is 9.05. The zero-order valence-electron chi connectivity index (χ0n) is 17.2. The van der Waals surface area contributed by atoms with Gasteiger partial charge in [0.15, 0.2) is 0 Å². The summed E-state index contributed by atoms with van der Waals surface area (Å²) < 4.78 is 5.08. The molecule has 0 fully saturated rings. The van der Waals surface area contributed by atoms with Gasteiger partial charge in [-0.2, -0.15) is 0 Å². The van der Waals surface area contributed by atoms with Gasteiger partial charge in [0, 0.05) is 0 Å². The molecular formula is C23H26Cl3NO2Si. The maximum Gasteiger partial charge on any atom is 0.272 e. The highest BCUT2D eigenvalue weighted by molar-refractivity contribution is 6.99. The van der Waals surface area contributed by atoms with Crippen molar-refractivity contribution < 1.29 is 9.22 Å². The van der Waals surface area contributed by atoms with Gasteiger partial charge in [-0.15, -0.1) is 0 Å². The predicted octanol–water partition coefficient (Wildman–Crippen LogP) is 4.75. The van der Waals surface area contributed by atoms with Crippen molar-refractivity contribution >= 4 is 59.4 Å². The Labute approximate surface area is 194 Å². The van der Waals surface area contributed by atoms with E-state index in [0.29, 0.717) is 6.42 Å². The van der Waals surface area contributed by atoms with Crippen LogP contribution in [-0.4, -0.2) is 30.2 Å². The fraction of sp³-hybridized carbons (Fsp3) is 0.348. The summed E-state index contributed by atoms with van der Waals surface area (Å²) in [6.45, 7) is 6.66. The molecule has 3 nitrogen and oxygen atoms in total. The molecule has 0 bridgehead atoms. The maximum absolute atomic E-state index is 12.3. The fourth-order valence-corrected chi connectivity index (χ4v) is 8.92. The van der Waals surface area contributed by atoms with Crippen molar-refractivity contribution in [2.45, 2.75) is 48.2 Å². The molecule has 3 rings (SSSR count). The van der Waals surface area contributed by atoms with Crippen molar-refractivity contribution in [3.8, 4) is 0 Å². The average molecular weight is 483 g/mol. The lowest BCUT2D eigenvalue weighted by molar-refractivity contribution is -0.121. The molecule has 0 aromatic heterocycles. The van der Waals surface area contributed by atoms with Gasteiger partial charge in [-0.3, -0.25) is 4.79 Å². The Bertz CT molecular complexity index is 853. The molecule has 0 spiro atoms. The lowest BCUT2D eigenvalue weighted by Crippen LogP contribution is -2.68. The van der Waals surface area contributed by atoms with E-state index in [-0.39, 0.29) is 17.2 Å². The Morgan fingerprint density at radius 1 is 0.967 bits per heavy atom. The van der Waals surface area contributed by atoms with Crippen LogP contribution in [-0.2, 0) is 9.22 Å². The third-order valence-corrected chi connectivity index (χ3v) is 11.0. The molecule has 0 radical (unpaired) electrons. The summed E-state index contributed by atoms with van der Waals surface area (Å²) in [6, 6.07) is 20.4. The number of nitrogens with one attached hydrogen (secondary N) is 1. The summed E-state index contributed by atoms with van der Waals surface area (Å²) in [5, 5.41) is 5.02. The van der Waals surface area contributed by atoms with Crippen LogP contribution in [0.25, 0.3) is 0 Å². The Balaban J connectivity index is 2.04. The number of alkyl halides is 3. The molecule has 1 N–H and O–H groups in total. The molecule has 0 saturated heterocycles. The minimum atomic E-state index is -2.74. The van der Waals surface area contributed by atoms with Crippen molar-refractivity contribution in [2.24, 2.45) is 0 Å². The van der Waals surface area contributed by atoms with E-state index in [1.54, 1.807) is 0 Å². The van der Waals surface area contributed by atoms with Crippen molar-refractivity contribution in [3.05, 3.63) is 72.8 Å².